The Balaban J connectivity index is 3.04. The van der Waals surface area contributed by atoms with Crippen LogP contribution in [0.5, 0.6) is 0 Å². The molecule has 0 radical (unpaired) electrons. The number of urea groups is 1. The maximum atomic E-state index is 11.9. The van der Waals surface area contributed by atoms with Crippen molar-refractivity contribution < 1.29 is 29.7 Å². The number of likely N-dealkylation sites (N-methyl/N-ethyl adjacent to an activating group) is 1. The number of hydrogen-bond acceptors (Lipinski definition) is 4. The summed E-state index contributed by atoms with van der Waals surface area (Å²) in [7, 11) is 0. The molecule has 0 atom stereocenters. The van der Waals surface area contributed by atoms with Gasteiger partial charge in [0.25, 0.3) is 0 Å². The van der Waals surface area contributed by atoms with Gasteiger partial charge in [0, 0.05) is 18.8 Å². The van der Waals surface area contributed by atoms with Crippen LogP contribution in [-0.2, 0) is 0 Å². The Morgan fingerprint density at radius 3 is 2.00 bits per heavy atom. The number of amides is 2. The van der Waals surface area contributed by atoms with E-state index in [9.17, 15) is 14.4 Å². The summed E-state index contributed by atoms with van der Waals surface area (Å²) in [6, 6.07) is 2.79. The zero-order valence-electron chi connectivity index (χ0n) is 11.4. The maximum Gasteiger partial charge on any atom is 0.335 e. The molecule has 21 heavy (non-hydrogen) atoms. The van der Waals surface area contributed by atoms with Gasteiger partial charge in [-0.25, -0.2) is 14.4 Å². The van der Waals surface area contributed by atoms with Gasteiger partial charge in [0.1, 0.15) is 0 Å². The van der Waals surface area contributed by atoms with Crippen LogP contribution in [0.25, 0.3) is 0 Å². The number of nitrogens with zero attached hydrogens (tertiary/aromatic N) is 1. The summed E-state index contributed by atoms with van der Waals surface area (Å²) in [5.41, 5.74) is -0.417. The summed E-state index contributed by atoms with van der Waals surface area (Å²) in [5.74, 6) is -2.59. The van der Waals surface area contributed by atoms with E-state index in [0.717, 1.165) is 6.07 Å². The van der Waals surface area contributed by atoms with Gasteiger partial charge in [-0.3, -0.25) is 0 Å². The van der Waals surface area contributed by atoms with Crippen LogP contribution in [0.4, 0.5) is 10.5 Å². The molecular weight excluding hydrogens is 280 g/mol. The Kier molecular flexibility index (Phi) is 5.67. The summed E-state index contributed by atoms with van der Waals surface area (Å²) in [5, 5.41) is 29.1. The molecule has 8 nitrogen and oxygen atoms in total. The molecule has 8 heteroatoms. The SMILES string of the molecule is CCN(CCO)C(=O)Nc1cc(C(=O)O)cc(C(=O)O)c1. The van der Waals surface area contributed by atoms with E-state index in [-0.39, 0.29) is 30.0 Å². The highest BCUT2D eigenvalue weighted by molar-refractivity contribution is 5.98. The fourth-order valence-corrected chi connectivity index (χ4v) is 1.67. The number of aliphatic hydroxyl groups excluding tert-OH is 1. The van der Waals surface area contributed by atoms with Crippen LogP contribution < -0.4 is 5.32 Å². The third-order valence-electron chi connectivity index (χ3n) is 2.72. The normalized spacial score (nSPS) is 10.0. The van der Waals surface area contributed by atoms with Crippen LogP contribution in [0, 0.1) is 0 Å². The highest BCUT2D eigenvalue weighted by Crippen LogP contribution is 2.16. The third kappa shape index (κ3) is 4.46. The van der Waals surface area contributed by atoms with E-state index in [1.807, 2.05) is 0 Å². The first-order valence-corrected chi connectivity index (χ1v) is 6.17. The van der Waals surface area contributed by atoms with Gasteiger partial charge >= 0.3 is 18.0 Å². The second-order valence-electron chi connectivity index (χ2n) is 4.14. The number of carbonyl (C=O) groups excluding carboxylic acids is 1. The molecule has 0 aliphatic heterocycles. The van der Waals surface area contributed by atoms with E-state index in [1.54, 1.807) is 6.92 Å². The van der Waals surface area contributed by atoms with Crippen molar-refractivity contribution >= 4 is 23.7 Å². The van der Waals surface area contributed by atoms with E-state index in [0.29, 0.717) is 6.54 Å². The Labute approximate surface area is 120 Å². The van der Waals surface area contributed by atoms with Gasteiger partial charge < -0.3 is 25.5 Å². The number of carboxylic acids is 2. The average Bonchev–Trinajstić information content (AvgIpc) is 2.43. The molecule has 0 heterocycles. The van der Waals surface area contributed by atoms with Gasteiger partial charge in [0.2, 0.25) is 0 Å². The van der Waals surface area contributed by atoms with Crippen molar-refractivity contribution in [2.45, 2.75) is 6.92 Å². The molecule has 0 unspecified atom stereocenters. The van der Waals surface area contributed by atoms with Crippen molar-refractivity contribution in [2.24, 2.45) is 0 Å². The molecule has 114 valence electrons. The lowest BCUT2D eigenvalue weighted by molar-refractivity contribution is 0.0696. The molecule has 1 aromatic carbocycles. The highest BCUT2D eigenvalue weighted by atomic mass is 16.4. The Bertz CT molecular complexity index is 525. The monoisotopic (exact) mass is 296 g/mol. The van der Waals surface area contributed by atoms with Gasteiger partial charge in [0.15, 0.2) is 0 Å². The van der Waals surface area contributed by atoms with Gasteiger partial charge in [0.05, 0.1) is 17.7 Å². The van der Waals surface area contributed by atoms with Gasteiger partial charge in [-0.2, -0.15) is 0 Å². The Hall–Kier alpha value is -2.61. The lowest BCUT2D eigenvalue weighted by atomic mass is 10.1. The second-order valence-corrected chi connectivity index (χ2v) is 4.14. The fraction of sp³-hybridized carbons (Fsp3) is 0.308. The summed E-state index contributed by atoms with van der Waals surface area (Å²) in [6.07, 6.45) is 0. The molecule has 1 rings (SSSR count). The lowest BCUT2D eigenvalue weighted by Gasteiger charge is -2.20. The number of nitrogens with one attached hydrogen (secondary N) is 1. The Morgan fingerprint density at radius 2 is 1.62 bits per heavy atom. The zero-order valence-corrected chi connectivity index (χ0v) is 11.4. The molecule has 1 aromatic rings. The van der Waals surface area contributed by atoms with Crippen LogP contribution in [0.15, 0.2) is 18.2 Å². The van der Waals surface area contributed by atoms with Crippen LogP contribution in [0.3, 0.4) is 0 Å². The van der Waals surface area contributed by atoms with Crippen molar-refractivity contribution in [1.29, 1.82) is 0 Å². The molecular formula is C13H16N2O6. The first kappa shape index (κ1) is 16.4. The van der Waals surface area contributed by atoms with Crippen molar-refractivity contribution in [3.8, 4) is 0 Å². The maximum absolute atomic E-state index is 11.9. The van der Waals surface area contributed by atoms with E-state index < -0.39 is 18.0 Å². The average molecular weight is 296 g/mol. The number of rotatable bonds is 6. The minimum Gasteiger partial charge on any atom is -0.478 e. The van der Waals surface area contributed by atoms with E-state index in [2.05, 4.69) is 5.32 Å². The number of anilines is 1. The smallest absolute Gasteiger partial charge is 0.335 e. The number of benzene rings is 1. The topological polar surface area (TPSA) is 127 Å². The lowest BCUT2D eigenvalue weighted by Crippen LogP contribution is -2.36. The minimum atomic E-state index is -1.30. The largest absolute Gasteiger partial charge is 0.478 e. The predicted molar refractivity (Wildman–Crippen MR) is 73.7 cm³/mol. The standard InChI is InChI=1S/C13H16N2O6/c1-2-15(3-4-16)13(21)14-10-6-8(11(17)18)5-9(7-10)12(19)20/h5-7,16H,2-4H2,1H3,(H,14,21)(H,17,18)(H,19,20). The summed E-state index contributed by atoms with van der Waals surface area (Å²) in [4.78, 5) is 35.1. The third-order valence-corrected chi connectivity index (χ3v) is 2.72. The van der Waals surface area contributed by atoms with Crippen molar-refractivity contribution in [3.63, 3.8) is 0 Å². The van der Waals surface area contributed by atoms with E-state index in [1.165, 1.54) is 17.0 Å². The minimum absolute atomic E-state index is 0.0636. The number of hydrogen-bond donors (Lipinski definition) is 4. The molecule has 0 aromatic heterocycles. The first-order valence-electron chi connectivity index (χ1n) is 6.17. The van der Waals surface area contributed by atoms with Gasteiger partial charge in [-0.15, -0.1) is 0 Å². The number of aromatic carboxylic acids is 2. The number of carbonyl (C=O) groups is 3. The zero-order chi connectivity index (χ0) is 16.0. The fourth-order valence-electron chi connectivity index (χ4n) is 1.67. The van der Waals surface area contributed by atoms with Gasteiger partial charge in [-0.05, 0) is 25.1 Å². The first-order chi connectivity index (χ1) is 9.88. The molecule has 4 N–H and O–H groups in total. The molecule has 0 fully saturated rings. The quantitative estimate of drug-likeness (QED) is 0.618. The summed E-state index contributed by atoms with van der Waals surface area (Å²) < 4.78 is 0. The summed E-state index contributed by atoms with van der Waals surface area (Å²) in [6.45, 7) is 1.96. The van der Waals surface area contributed by atoms with E-state index in [4.69, 9.17) is 15.3 Å². The second kappa shape index (κ2) is 7.25. The van der Waals surface area contributed by atoms with Crippen molar-refractivity contribution in [3.05, 3.63) is 29.3 Å². The molecule has 0 bridgehead atoms. The molecule has 0 spiro atoms. The highest BCUT2D eigenvalue weighted by Gasteiger charge is 2.15. The van der Waals surface area contributed by atoms with Crippen molar-refractivity contribution in [2.75, 3.05) is 25.0 Å². The van der Waals surface area contributed by atoms with Gasteiger partial charge in [-0.1, -0.05) is 0 Å². The molecule has 2 amide bonds. The number of carboxylic acid groups (broad SMARTS) is 2. The molecule has 0 saturated carbocycles. The van der Waals surface area contributed by atoms with Crippen molar-refractivity contribution in [1.82, 2.24) is 4.90 Å². The van der Waals surface area contributed by atoms with E-state index >= 15 is 0 Å². The Morgan fingerprint density at radius 1 is 1.10 bits per heavy atom. The molecule has 0 aliphatic carbocycles. The van der Waals surface area contributed by atoms with Crippen LogP contribution in [0.2, 0.25) is 0 Å². The van der Waals surface area contributed by atoms with Crippen LogP contribution in [0.1, 0.15) is 27.6 Å². The van der Waals surface area contributed by atoms with Crippen LogP contribution >= 0.6 is 0 Å². The molecule has 0 saturated heterocycles. The predicted octanol–water partition coefficient (Wildman–Crippen LogP) is 0.929. The van der Waals surface area contributed by atoms with Crippen LogP contribution in [-0.4, -0.2) is 57.9 Å². The molecule has 0 aliphatic rings. The summed E-state index contributed by atoms with van der Waals surface area (Å²) >= 11 is 0. The number of aliphatic hydroxyl groups is 1.